The fourth-order valence-corrected chi connectivity index (χ4v) is 4.21. The minimum atomic E-state index is 0.453. The third-order valence-electron chi connectivity index (χ3n) is 5.92. The van der Waals surface area contributed by atoms with Crippen LogP contribution in [-0.2, 0) is 19.6 Å². The van der Waals surface area contributed by atoms with Crippen LogP contribution in [0.3, 0.4) is 0 Å². The predicted octanol–water partition coefficient (Wildman–Crippen LogP) is 4.27. The van der Waals surface area contributed by atoms with E-state index in [2.05, 4.69) is 27.5 Å². The van der Waals surface area contributed by atoms with Crippen LogP contribution in [-0.4, -0.2) is 37.2 Å². The molecule has 0 unspecified atom stereocenters. The minimum absolute atomic E-state index is 0.453. The van der Waals surface area contributed by atoms with E-state index in [0.717, 1.165) is 71.9 Å². The monoisotopic (exact) mass is 418 g/mol. The molecule has 1 aliphatic rings. The Kier molecular flexibility index (Phi) is 6.86. The first kappa shape index (κ1) is 21.4. The molecule has 0 radical (unpaired) electrons. The molecule has 0 bridgehead atoms. The summed E-state index contributed by atoms with van der Waals surface area (Å²) in [4.78, 5) is 2.12. The number of nitriles is 1. The molecule has 3 aromatic rings. The Labute approximate surface area is 183 Å². The second kappa shape index (κ2) is 9.95. The smallest absolute Gasteiger partial charge is 0.171 e. The summed E-state index contributed by atoms with van der Waals surface area (Å²) in [5.74, 6) is 1.57. The molecule has 6 heteroatoms. The number of hydrogen-bond acceptors (Lipinski definition) is 6. The number of fused-ring (bicyclic) bond motifs is 1. The van der Waals surface area contributed by atoms with Crippen LogP contribution in [0.1, 0.15) is 41.6 Å². The van der Waals surface area contributed by atoms with E-state index in [9.17, 15) is 0 Å². The summed E-state index contributed by atoms with van der Waals surface area (Å²) in [6.07, 6.45) is 4.54. The van der Waals surface area contributed by atoms with Crippen LogP contribution in [0.15, 0.2) is 40.9 Å². The van der Waals surface area contributed by atoms with Crippen LogP contribution in [0, 0.1) is 17.2 Å². The van der Waals surface area contributed by atoms with Crippen molar-refractivity contribution in [3.63, 3.8) is 0 Å². The van der Waals surface area contributed by atoms with Gasteiger partial charge in [-0.25, -0.2) is 0 Å². The van der Waals surface area contributed by atoms with Gasteiger partial charge in [0.05, 0.1) is 17.3 Å². The molecule has 0 atom stereocenters. The van der Waals surface area contributed by atoms with Crippen LogP contribution in [0.25, 0.3) is 11.0 Å². The molecule has 4 rings (SSSR count). The van der Waals surface area contributed by atoms with Crippen molar-refractivity contribution in [2.75, 3.05) is 27.2 Å². The highest BCUT2D eigenvalue weighted by atomic mass is 16.5. The Morgan fingerprint density at radius 3 is 2.68 bits per heavy atom. The van der Waals surface area contributed by atoms with Gasteiger partial charge in [0, 0.05) is 17.5 Å². The molecule has 1 N–H and O–H groups in total. The predicted molar refractivity (Wildman–Crippen MR) is 121 cm³/mol. The maximum atomic E-state index is 8.97. The average molecular weight is 419 g/mol. The van der Waals surface area contributed by atoms with Crippen molar-refractivity contribution in [1.29, 1.82) is 5.26 Å². The molecule has 31 heavy (non-hydrogen) atoms. The van der Waals surface area contributed by atoms with Gasteiger partial charge < -0.3 is 19.5 Å². The number of rotatable bonds is 8. The van der Waals surface area contributed by atoms with Gasteiger partial charge in [-0.2, -0.15) is 5.26 Å². The molecule has 162 valence electrons. The maximum Gasteiger partial charge on any atom is 0.171 e. The van der Waals surface area contributed by atoms with E-state index in [1.807, 2.05) is 44.4 Å². The third kappa shape index (κ3) is 5.43. The van der Waals surface area contributed by atoms with E-state index < -0.39 is 0 Å². The largest absolute Gasteiger partial charge is 0.489 e. The molecule has 2 aromatic carbocycles. The SMILES string of the molecule is CN(C)Cc1cc(OCc2ccc(C#N)cc2)cc2c(CCC3CCNCC3)noc12. The van der Waals surface area contributed by atoms with Crippen molar-refractivity contribution in [1.82, 2.24) is 15.4 Å². The standard InChI is InChI=1S/C25H30N4O2/c1-29(2)16-21-13-22(30-17-20-5-3-19(15-26)4-6-20)14-23-24(28-31-25(21)23)8-7-18-9-11-27-12-10-18/h3-6,13-14,18,27H,7-12,16-17H2,1-2H3. The Morgan fingerprint density at radius 1 is 1.19 bits per heavy atom. The lowest BCUT2D eigenvalue weighted by Crippen LogP contribution is -2.27. The van der Waals surface area contributed by atoms with Gasteiger partial charge in [0.1, 0.15) is 12.4 Å². The van der Waals surface area contributed by atoms with Crippen molar-refractivity contribution in [3.05, 3.63) is 58.8 Å². The second-order valence-corrected chi connectivity index (χ2v) is 8.66. The summed E-state index contributed by atoms with van der Waals surface area (Å²) in [5.41, 5.74) is 4.65. The van der Waals surface area contributed by atoms with Crippen molar-refractivity contribution in [3.8, 4) is 11.8 Å². The normalized spacial score (nSPS) is 14.8. The highest BCUT2D eigenvalue weighted by Gasteiger charge is 2.18. The molecule has 6 nitrogen and oxygen atoms in total. The summed E-state index contributed by atoms with van der Waals surface area (Å²) in [6, 6.07) is 13.8. The highest BCUT2D eigenvalue weighted by molar-refractivity contribution is 5.84. The van der Waals surface area contributed by atoms with Crippen LogP contribution >= 0.6 is 0 Å². The lowest BCUT2D eigenvalue weighted by atomic mass is 9.92. The van der Waals surface area contributed by atoms with E-state index >= 15 is 0 Å². The first-order valence-corrected chi connectivity index (χ1v) is 11.0. The van der Waals surface area contributed by atoms with Crippen LogP contribution in [0.4, 0.5) is 0 Å². The zero-order valence-corrected chi connectivity index (χ0v) is 18.4. The zero-order valence-electron chi connectivity index (χ0n) is 18.4. The molecule has 0 amide bonds. The number of benzene rings is 2. The van der Waals surface area contributed by atoms with E-state index in [-0.39, 0.29) is 0 Å². The topological polar surface area (TPSA) is 74.3 Å². The molecule has 1 aromatic heterocycles. The van der Waals surface area contributed by atoms with Gasteiger partial charge in [0.25, 0.3) is 0 Å². The quantitative estimate of drug-likeness (QED) is 0.589. The molecule has 1 aliphatic heterocycles. The minimum Gasteiger partial charge on any atom is -0.489 e. The Morgan fingerprint density at radius 2 is 1.97 bits per heavy atom. The highest BCUT2D eigenvalue weighted by Crippen LogP contribution is 2.31. The molecule has 0 saturated carbocycles. The molecule has 1 fully saturated rings. The van der Waals surface area contributed by atoms with Crippen LogP contribution in [0.2, 0.25) is 0 Å². The van der Waals surface area contributed by atoms with Gasteiger partial charge in [-0.15, -0.1) is 0 Å². The van der Waals surface area contributed by atoms with Gasteiger partial charge in [-0.3, -0.25) is 0 Å². The van der Waals surface area contributed by atoms with Gasteiger partial charge in [0.15, 0.2) is 5.58 Å². The zero-order chi connectivity index (χ0) is 21.6. The average Bonchev–Trinajstić information content (AvgIpc) is 3.20. The molecular weight excluding hydrogens is 388 g/mol. The van der Waals surface area contributed by atoms with Crippen molar-refractivity contribution in [2.45, 2.75) is 38.8 Å². The van der Waals surface area contributed by atoms with E-state index in [4.69, 9.17) is 14.5 Å². The Balaban J connectivity index is 1.54. The molecule has 0 aliphatic carbocycles. The molecular formula is C25H30N4O2. The van der Waals surface area contributed by atoms with Crippen molar-refractivity contribution >= 4 is 11.0 Å². The second-order valence-electron chi connectivity index (χ2n) is 8.66. The Bertz CT molecular complexity index is 1040. The number of piperidine rings is 1. The fraction of sp³-hybridized carbons (Fsp3) is 0.440. The maximum absolute atomic E-state index is 8.97. The molecule has 2 heterocycles. The van der Waals surface area contributed by atoms with Crippen molar-refractivity contribution in [2.24, 2.45) is 5.92 Å². The first-order chi connectivity index (χ1) is 15.1. The number of nitrogens with zero attached hydrogens (tertiary/aromatic N) is 3. The summed E-state index contributed by atoms with van der Waals surface area (Å²) >= 11 is 0. The number of hydrogen-bond donors (Lipinski definition) is 1. The van der Waals surface area contributed by atoms with E-state index in [0.29, 0.717) is 12.2 Å². The van der Waals surface area contributed by atoms with Gasteiger partial charge >= 0.3 is 0 Å². The number of aryl methyl sites for hydroxylation is 1. The van der Waals surface area contributed by atoms with E-state index in [1.165, 1.54) is 12.8 Å². The van der Waals surface area contributed by atoms with Crippen LogP contribution < -0.4 is 10.1 Å². The van der Waals surface area contributed by atoms with Crippen molar-refractivity contribution < 1.29 is 9.26 Å². The van der Waals surface area contributed by atoms with Crippen LogP contribution in [0.5, 0.6) is 5.75 Å². The lowest BCUT2D eigenvalue weighted by molar-refractivity contribution is 0.305. The summed E-state index contributed by atoms with van der Waals surface area (Å²) < 4.78 is 11.9. The first-order valence-electron chi connectivity index (χ1n) is 11.0. The molecule has 1 saturated heterocycles. The summed E-state index contributed by atoms with van der Waals surface area (Å²) in [7, 11) is 4.09. The lowest BCUT2D eigenvalue weighted by Gasteiger charge is -2.21. The summed E-state index contributed by atoms with van der Waals surface area (Å²) in [6.45, 7) is 3.44. The van der Waals surface area contributed by atoms with Gasteiger partial charge in [0.2, 0.25) is 0 Å². The molecule has 0 spiro atoms. The number of nitrogens with one attached hydrogen (secondary N) is 1. The summed E-state index contributed by atoms with van der Waals surface area (Å²) in [5, 5.41) is 17.9. The fourth-order valence-electron chi connectivity index (χ4n) is 4.21. The number of aromatic nitrogens is 1. The van der Waals surface area contributed by atoms with Gasteiger partial charge in [-0.1, -0.05) is 17.3 Å². The van der Waals surface area contributed by atoms with Gasteiger partial charge in [-0.05, 0) is 88.6 Å². The third-order valence-corrected chi connectivity index (χ3v) is 5.92. The number of ether oxygens (including phenoxy) is 1. The van der Waals surface area contributed by atoms with E-state index in [1.54, 1.807) is 0 Å². The Hall–Kier alpha value is -2.88.